The molecule has 8 heteroatoms. The standard InChI is InChI=1S/C5H3Br3Cl3NO/c6-4(7,8)2(1-3(12)13)5(9,10)11/h1H,(H2,12,13). The second-order valence-corrected chi connectivity index (χ2v) is 11.0. The molecule has 0 aromatic carbocycles. The maximum absolute atomic E-state index is 10.6. The molecular formula is C5H3Br3Cl3NO. The number of nitrogens with two attached hydrogens (primary N) is 1. The van der Waals surface area contributed by atoms with E-state index in [-0.39, 0.29) is 5.57 Å². The third kappa shape index (κ3) is 5.85. The number of hydrogen-bond acceptors (Lipinski definition) is 1. The molecule has 0 radical (unpaired) electrons. The molecule has 76 valence electrons. The van der Waals surface area contributed by atoms with E-state index >= 15 is 0 Å². The van der Waals surface area contributed by atoms with Gasteiger partial charge in [-0.2, -0.15) is 0 Å². The van der Waals surface area contributed by atoms with Gasteiger partial charge in [0.05, 0.1) is 0 Å². The maximum Gasteiger partial charge on any atom is 0.241 e. The second-order valence-electron chi connectivity index (χ2n) is 1.96. The van der Waals surface area contributed by atoms with Crippen LogP contribution in [0.4, 0.5) is 0 Å². The lowest BCUT2D eigenvalue weighted by Crippen LogP contribution is -2.22. The monoisotopic (exact) mass is 435 g/mol. The number of carbonyl (C=O) groups is 1. The predicted molar refractivity (Wildman–Crippen MR) is 67.1 cm³/mol. The lowest BCUT2D eigenvalue weighted by molar-refractivity contribution is -0.113. The average molecular weight is 439 g/mol. The highest BCUT2D eigenvalue weighted by molar-refractivity contribution is 9.39. The summed E-state index contributed by atoms with van der Waals surface area (Å²) in [5.41, 5.74) is 5.07. The minimum absolute atomic E-state index is 0.137. The van der Waals surface area contributed by atoms with Crippen LogP contribution in [0, 0.1) is 0 Å². The van der Waals surface area contributed by atoms with E-state index in [4.69, 9.17) is 40.5 Å². The van der Waals surface area contributed by atoms with Crippen molar-refractivity contribution < 1.29 is 4.79 Å². The van der Waals surface area contributed by atoms with Crippen molar-refractivity contribution in [3.63, 3.8) is 0 Å². The van der Waals surface area contributed by atoms with Crippen LogP contribution in [0.2, 0.25) is 0 Å². The fourth-order valence-corrected chi connectivity index (χ4v) is 3.32. The number of primary amides is 1. The van der Waals surface area contributed by atoms with Crippen molar-refractivity contribution >= 4 is 88.5 Å². The zero-order valence-electron chi connectivity index (χ0n) is 5.83. The molecule has 0 bridgehead atoms. The lowest BCUT2D eigenvalue weighted by Gasteiger charge is -2.23. The summed E-state index contributed by atoms with van der Waals surface area (Å²) in [4.78, 5) is 10.6. The first kappa shape index (κ1) is 14.5. The van der Waals surface area contributed by atoms with Gasteiger partial charge < -0.3 is 5.73 Å². The Balaban J connectivity index is 5.13. The van der Waals surface area contributed by atoms with Gasteiger partial charge >= 0.3 is 0 Å². The SMILES string of the molecule is NC(=O)C=C(C(Cl)(Cl)Cl)C(Br)(Br)Br. The van der Waals surface area contributed by atoms with Crippen LogP contribution < -0.4 is 5.73 Å². The van der Waals surface area contributed by atoms with Crippen molar-refractivity contribution in [1.29, 1.82) is 0 Å². The molecular weight excluding hydrogens is 436 g/mol. The Morgan fingerprint density at radius 3 is 1.69 bits per heavy atom. The van der Waals surface area contributed by atoms with Crippen molar-refractivity contribution in [3.8, 4) is 0 Å². The summed E-state index contributed by atoms with van der Waals surface area (Å²) >= 11 is 26.1. The van der Waals surface area contributed by atoms with E-state index in [9.17, 15) is 4.79 Å². The van der Waals surface area contributed by atoms with Crippen LogP contribution in [0.5, 0.6) is 0 Å². The number of amides is 1. The molecule has 0 rings (SSSR count). The first-order valence-electron chi connectivity index (χ1n) is 2.70. The van der Waals surface area contributed by atoms with Crippen molar-refractivity contribution in [1.82, 2.24) is 0 Å². The Labute approximate surface area is 116 Å². The largest absolute Gasteiger partial charge is 0.366 e. The lowest BCUT2D eigenvalue weighted by atomic mass is 10.3. The van der Waals surface area contributed by atoms with E-state index in [0.29, 0.717) is 0 Å². The minimum Gasteiger partial charge on any atom is -0.366 e. The highest BCUT2D eigenvalue weighted by atomic mass is 80.0. The van der Waals surface area contributed by atoms with Gasteiger partial charge in [0.25, 0.3) is 0 Å². The number of halogens is 6. The molecule has 0 fully saturated rings. The highest BCUT2D eigenvalue weighted by Crippen LogP contribution is 2.50. The van der Waals surface area contributed by atoms with Crippen molar-refractivity contribution in [2.24, 2.45) is 5.73 Å². The molecule has 0 aromatic rings. The Morgan fingerprint density at radius 2 is 1.62 bits per heavy atom. The summed E-state index contributed by atoms with van der Waals surface area (Å²) in [5.74, 6) is -0.705. The van der Waals surface area contributed by atoms with Crippen LogP contribution in [-0.4, -0.2) is 11.8 Å². The molecule has 2 nitrogen and oxygen atoms in total. The fraction of sp³-hybridized carbons (Fsp3) is 0.400. The van der Waals surface area contributed by atoms with Crippen LogP contribution in [0.15, 0.2) is 11.6 Å². The topological polar surface area (TPSA) is 43.1 Å². The summed E-state index contributed by atoms with van der Waals surface area (Å²) in [6.07, 6.45) is 1.02. The third-order valence-electron chi connectivity index (χ3n) is 0.897. The molecule has 0 saturated carbocycles. The van der Waals surface area contributed by atoms with Crippen LogP contribution in [0.3, 0.4) is 0 Å². The van der Waals surface area contributed by atoms with Crippen LogP contribution in [0.25, 0.3) is 0 Å². The number of allylic oxidation sites excluding steroid dienone is 1. The normalized spacial score (nSPS) is 14.5. The molecule has 2 N–H and O–H groups in total. The number of rotatable bonds is 1. The van der Waals surface area contributed by atoms with Crippen molar-refractivity contribution in [2.75, 3.05) is 0 Å². The second kappa shape index (κ2) is 5.03. The van der Waals surface area contributed by atoms with Gasteiger partial charge in [-0.25, -0.2) is 0 Å². The third-order valence-corrected chi connectivity index (χ3v) is 2.79. The summed E-state index contributed by atoms with van der Waals surface area (Å²) in [6, 6.07) is 0. The van der Waals surface area contributed by atoms with E-state index in [1.165, 1.54) is 0 Å². The number of carbonyl (C=O) groups excluding carboxylic acids is 1. The molecule has 0 spiro atoms. The minimum atomic E-state index is -1.73. The first-order chi connectivity index (χ1) is 5.55. The molecule has 0 aliphatic rings. The van der Waals surface area contributed by atoms with Crippen LogP contribution in [-0.2, 0) is 4.79 Å². The van der Waals surface area contributed by atoms with E-state index in [1.807, 2.05) is 0 Å². The average Bonchev–Trinajstić information content (AvgIpc) is 1.77. The van der Waals surface area contributed by atoms with Gasteiger partial charge in [0.2, 0.25) is 9.70 Å². The maximum atomic E-state index is 10.6. The Hall–Kier alpha value is 1.52. The molecule has 0 saturated heterocycles. The highest BCUT2D eigenvalue weighted by Gasteiger charge is 2.39. The van der Waals surface area contributed by atoms with Crippen LogP contribution >= 0.6 is 82.6 Å². The number of alkyl halides is 6. The van der Waals surface area contributed by atoms with E-state index in [0.717, 1.165) is 6.08 Å². The Kier molecular flexibility index (Phi) is 5.62. The van der Waals surface area contributed by atoms with Gasteiger partial charge in [-0.05, 0) is 0 Å². The summed E-state index contributed by atoms with van der Waals surface area (Å²) in [6.45, 7) is 0. The van der Waals surface area contributed by atoms with Gasteiger partial charge in [0, 0.05) is 11.6 Å². The van der Waals surface area contributed by atoms with Gasteiger partial charge in [-0.15, -0.1) is 0 Å². The van der Waals surface area contributed by atoms with Gasteiger partial charge in [0.1, 0.15) is 0 Å². The quantitative estimate of drug-likeness (QED) is 0.493. The van der Waals surface area contributed by atoms with Crippen molar-refractivity contribution in [2.45, 2.75) is 5.94 Å². The molecule has 0 heterocycles. The van der Waals surface area contributed by atoms with Gasteiger partial charge in [-0.3, -0.25) is 4.79 Å². The molecule has 0 aliphatic heterocycles. The molecule has 0 aliphatic carbocycles. The van der Waals surface area contributed by atoms with E-state index < -0.39 is 11.8 Å². The molecule has 0 aromatic heterocycles. The van der Waals surface area contributed by atoms with Gasteiger partial charge in [0.15, 0.2) is 2.14 Å². The smallest absolute Gasteiger partial charge is 0.241 e. The molecule has 0 unspecified atom stereocenters. The molecule has 13 heavy (non-hydrogen) atoms. The summed E-state index contributed by atoms with van der Waals surface area (Å²) < 4.78 is -2.70. The predicted octanol–water partition coefficient (Wildman–Crippen LogP) is 3.61. The summed E-state index contributed by atoms with van der Waals surface area (Å²) in [5, 5.41) is 0. The molecule has 1 amide bonds. The van der Waals surface area contributed by atoms with Gasteiger partial charge in [-0.1, -0.05) is 82.6 Å². The summed E-state index contributed by atoms with van der Waals surface area (Å²) in [7, 11) is 0. The Morgan fingerprint density at radius 1 is 1.23 bits per heavy atom. The zero-order chi connectivity index (χ0) is 10.9. The first-order valence-corrected chi connectivity index (χ1v) is 6.22. The fourth-order valence-electron chi connectivity index (χ4n) is 0.467. The van der Waals surface area contributed by atoms with Crippen molar-refractivity contribution in [3.05, 3.63) is 11.6 Å². The van der Waals surface area contributed by atoms with E-state index in [1.54, 1.807) is 0 Å². The van der Waals surface area contributed by atoms with E-state index in [2.05, 4.69) is 47.8 Å². The number of hydrogen-bond donors (Lipinski definition) is 1. The zero-order valence-corrected chi connectivity index (χ0v) is 12.9. The van der Waals surface area contributed by atoms with Crippen LogP contribution in [0.1, 0.15) is 0 Å². The Bertz CT molecular complexity index is 226. The molecule has 0 atom stereocenters.